The van der Waals surface area contributed by atoms with Gasteiger partial charge in [-0.25, -0.2) is 18.1 Å². The molecule has 3 aromatic rings. The predicted molar refractivity (Wildman–Crippen MR) is 124 cm³/mol. The van der Waals surface area contributed by atoms with E-state index in [0.29, 0.717) is 31.1 Å². The van der Waals surface area contributed by atoms with Gasteiger partial charge in [-0.15, -0.1) is 0 Å². The molecule has 0 saturated carbocycles. The van der Waals surface area contributed by atoms with E-state index in [9.17, 15) is 13.2 Å². The summed E-state index contributed by atoms with van der Waals surface area (Å²) in [6, 6.07) is 13.2. The Morgan fingerprint density at radius 1 is 1.18 bits per heavy atom. The standard InChI is InChI=1S/C23H27N5O4S/c1-18-6-2-3-11-28(18)33(30,31)22-10-4-7-19(14-22)23(29)26-20-8-5-9-21(15-20)32-13-12-27-17-24-16-25-27/h4-5,7-10,14-18H,2-3,6,11-13H2,1H3,(H,26,29). The number of ether oxygens (including phenoxy) is 1. The van der Waals surface area contributed by atoms with Crippen LogP contribution in [-0.2, 0) is 16.6 Å². The summed E-state index contributed by atoms with van der Waals surface area (Å²) in [5.74, 6) is 0.210. The minimum atomic E-state index is -3.65. The van der Waals surface area contributed by atoms with Crippen LogP contribution in [0.5, 0.6) is 5.75 Å². The van der Waals surface area contributed by atoms with Crippen LogP contribution in [0.4, 0.5) is 5.69 Å². The van der Waals surface area contributed by atoms with Crippen LogP contribution >= 0.6 is 0 Å². The lowest BCUT2D eigenvalue weighted by Crippen LogP contribution is -2.41. The van der Waals surface area contributed by atoms with Crippen LogP contribution in [0.1, 0.15) is 36.5 Å². The van der Waals surface area contributed by atoms with Crippen LogP contribution in [0.3, 0.4) is 0 Å². The van der Waals surface area contributed by atoms with E-state index in [-0.39, 0.29) is 16.5 Å². The van der Waals surface area contributed by atoms with E-state index in [1.807, 2.05) is 6.92 Å². The van der Waals surface area contributed by atoms with E-state index >= 15 is 0 Å². The number of benzene rings is 2. The van der Waals surface area contributed by atoms with Gasteiger partial charge in [-0.3, -0.25) is 4.79 Å². The number of sulfonamides is 1. The third kappa shape index (κ3) is 5.58. The average Bonchev–Trinajstić information content (AvgIpc) is 3.33. The highest BCUT2D eigenvalue weighted by atomic mass is 32.2. The molecule has 0 radical (unpaired) electrons. The molecule has 1 N–H and O–H groups in total. The summed E-state index contributed by atoms with van der Waals surface area (Å²) < 4.78 is 35.2. The Labute approximate surface area is 193 Å². The van der Waals surface area contributed by atoms with Gasteiger partial charge in [-0.05, 0) is 50.1 Å². The number of nitrogens with zero attached hydrogens (tertiary/aromatic N) is 4. The van der Waals surface area contributed by atoms with Crippen molar-refractivity contribution >= 4 is 21.6 Å². The van der Waals surface area contributed by atoms with E-state index < -0.39 is 15.9 Å². The van der Waals surface area contributed by atoms with Crippen LogP contribution < -0.4 is 10.1 Å². The summed E-state index contributed by atoms with van der Waals surface area (Å²) in [5.41, 5.74) is 0.828. The second-order valence-electron chi connectivity index (χ2n) is 7.98. The van der Waals surface area contributed by atoms with Crippen molar-refractivity contribution in [3.8, 4) is 5.75 Å². The fourth-order valence-electron chi connectivity index (χ4n) is 3.83. The van der Waals surface area contributed by atoms with E-state index in [0.717, 1.165) is 19.3 Å². The quantitative estimate of drug-likeness (QED) is 0.543. The third-order valence-corrected chi connectivity index (χ3v) is 7.60. The number of anilines is 1. The number of amides is 1. The molecular formula is C23H27N5O4S. The minimum Gasteiger partial charge on any atom is -0.492 e. The molecule has 0 spiro atoms. The van der Waals surface area contributed by atoms with Gasteiger partial charge in [-0.1, -0.05) is 18.6 Å². The van der Waals surface area contributed by atoms with Gasteiger partial charge in [0.15, 0.2) is 0 Å². The van der Waals surface area contributed by atoms with Gasteiger partial charge in [0.2, 0.25) is 10.0 Å². The largest absolute Gasteiger partial charge is 0.492 e. The van der Waals surface area contributed by atoms with Crippen molar-refractivity contribution in [1.82, 2.24) is 19.1 Å². The summed E-state index contributed by atoms with van der Waals surface area (Å²) in [5, 5.41) is 6.83. The molecule has 1 aliphatic rings. The second kappa shape index (κ2) is 10.1. The number of hydrogen-bond donors (Lipinski definition) is 1. The lowest BCUT2D eigenvalue weighted by molar-refractivity contribution is 0.102. The molecule has 1 saturated heterocycles. The number of hydrogen-bond acceptors (Lipinski definition) is 6. The van der Waals surface area contributed by atoms with Gasteiger partial charge in [0, 0.05) is 29.9 Å². The van der Waals surface area contributed by atoms with Crippen molar-refractivity contribution < 1.29 is 17.9 Å². The van der Waals surface area contributed by atoms with Crippen molar-refractivity contribution in [3.63, 3.8) is 0 Å². The highest BCUT2D eigenvalue weighted by molar-refractivity contribution is 7.89. The van der Waals surface area contributed by atoms with Crippen molar-refractivity contribution in [3.05, 3.63) is 66.7 Å². The monoisotopic (exact) mass is 469 g/mol. The lowest BCUT2D eigenvalue weighted by Gasteiger charge is -2.32. The Morgan fingerprint density at radius 3 is 2.82 bits per heavy atom. The molecule has 0 bridgehead atoms. The maximum absolute atomic E-state index is 13.1. The molecule has 1 fully saturated rings. The van der Waals surface area contributed by atoms with Gasteiger partial charge in [0.25, 0.3) is 5.91 Å². The fraction of sp³-hybridized carbons (Fsp3) is 0.348. The first-order valence-electron chi connectivity index (χ1n) is 10.9. The molecule has 1 aliphatic heterocycles. The molecule has 2 heterocycles. The number of aromatic nitrogens is 3. The first kappa shape index (κ1) is 22.9. The maximum Gasteiger partial charge on any atom is 0.255 e. The highest BCUT2D eigenvalue weighted by Gasteiger charge is 2.31. The summed E-state index contributed by atoms with van der Waals surface area (Å²) in [6.07, 6.45) is 5.79. The first-order chi connectivity index (χ1) is 15.9. The van der Waals surface area contributed by atoms with Crippen LogP contribution in [0, 0.1) is 0 Å². The zero-order valence-corrected chi connectivity index (χ0v) is 19.2. The molecule has 1 amide bonds. The molecule has 9 nitrogen and oxygen atoms in total. The Morgan fingerprint density at radius 2 is 2.03 bits per heavy atom. The highest BCUT2D eigenvalue weighted by Crippen LogP contribution is 2.26. The predicted octanol–water partition coefficient (Wildman–Crippen LogP) is 3.17. The van der Waals surface area contributed by atoms with Gasteiger partial charge in [0.05, 0.1) is 11.4 Å². The van der Waals surface area contributed by atoms with E-state index in [1.54, 1.807) is 47.4 Å². The molecule has 174 valence electrons. The molecule has 33 heavy (non-hydrogen) atoms. The first-order valence-corrected chi connectivity index (χ1v) is 12.4. The molecule has 1 aromatic heterocycles. The lowest BCUT2D eigenvalue weighted by atomic mass is 10.1. The SMILES string of the molecule is CC1CCCCN1S(=O)(=O)c1cccc(C(=O)Nc2cccc(OCCn3cncn3)c2)c1. The molecule has 2 aromatic carbocycles. The van der Waals surface area contributed by atoms with Gasteiger partial charge in [-0.2, -0.15) is 9.40 Å². The average molecular weight is 470 g/mol. The summed E-state index contributed by atoms with van der Waals surface area (Å²) in [7, 11) is -3.65. The van der Waals surface area contributed by atoms with Crippen molar-refractivity contribution in [2.75, 3.05) is 18.5 Å². The zero-order chi connectivity index (χ0) is 23.3. The van der Waals surface area contributed by atoms with Gasteiger partial charge in [0.1, 0.15) is 25.0 Å². The number of carbonyl (C=O) groups excluding carboxylic acids is 1. The zero-order valence-electron chi connectivity index (χ0n) is 18.4. The third-order valence-electron chi connectivity index (χ3n) is 5.59. The van der Waals surface area contributed by atoms with Crippen molar-refractivity contribution in [2.24, 2.45) is 0 Å². The molecule has 0 aliphatic carbocycles. The minimum absolute atomic E-state index is 0.0477. The fourth-order valence-corrected chi connectivity index (χ4v) is 5.58. The summed E-state index contributed by atoms with van der Waals surface area (Å²) >= 11 is 0. The van der Waals surface area contributed by atoms with Gasteiger partial charge >= 0.3 is 0 Å². The second-order valence-corrected chi connectivity index (χ2v) is 9.87. The van der Waals surface area contributed by atoms with E-state index in [2.05, 4.69) is 15.4 Å². The molecular weight excluding hydrogens is 442 g/mol. The smallest absolute Gasteiger partial charge is 0.255 e. The van der Waals surface area contributed by atoms with Gasteiger partial charge < -0.3 is 10.1 Å². The number of nitrogens with one attached hydrogen (secondary N) is 1. The van der Waals surface area contributed by atoms with E-state index in [1.165, 1.54) is 22.8 Å². The summed E-state index contributed by atoms with van der Waals surface area (Å²) in [6.45, 7) is 3.38. The number of piperidine rings is 1. The number of rotatable bonds is 8. The molecule has 1 unspecified atom stereocenters. The molecule has 10 heteroatoms. The van der Waals surface area contributed by atoms with Crippen molar-refractivity contribution in [1.29, 1.82) is 0 Å². The van der Waals surface area contributed by atoms with Crippen LogP contribution in [0.2, 0.25) is 0 Å². The van der Waals surface area contributed by atoms with Crippen LogP contribution in [0.15, 0.2) is 66.1 Å². The van der Waals surface area contributed by atoms with E-state index in [4.69, 9.17) is 4.74 Å². The Bertz CT molecular complexity index is 1200. The molecule has 4 rings (SSSR count). The van der Waals surface area contributed by atoms with Crippen LogP contribution in [0.25, 0.3) is 0 Å². The van der Waals surface area contributed by atoms with Crippen LogP contribution in [-0.4, -0.2) is 52.6 Å². The molecule has 1 atom stereocenters. The Balaban J connectivity index is 1.42. The van der Waals surface area contributed by atoms with Crippen molar-refractivity contribution in [2.45, 2.75) is 43.7 Å². The summed E-state index contributed by atoms with van der Waals surface area (Å²) in [4.78, 5) is 16.9. The maximum atomic E-state index is 13.1. The Hall–Kier alpha value is -3.24. The Kier molecular flexibility index (Phi) is 7.05. The normalized spacial score (nSPS) is 16.9. The number of carbonyl (C=O) groups is 1. The topological polar surface area (TPSA) is 106 Å².